The van der Waals surface area contributed by atoms with Crippen LogP contribution in [0.15, 0.2) is 24.3 Å². The highest BCUT2D eigenvalue weighted by Gasteiger charge is 2.18. The van der Waals surface area contributed by atoms with Crippen LogP contribution in [0.25, 0.3) is 10.9 Å². The molecule has 1 unspecified atom stereocenters. The molecule has 16 heavy (non-hydrogen) atoms. The van der Waals surface area contributed by atoms with E-state index in [1.54, 1.807) is 0 Å². The molecule has 1 aliphatic heterocycles. The van der Waals surface area contributed by atoms with Gasteiger partial charge >= 0.3 is 0 Å². The van der Waals surface area contributed by atoms with Gasteiger partial charge in [0.1, 0.15) is 5.82 Å². The van der Waals surface area contributed by atoms with Gasteiger partial charge in [-0.05, 0) is 37.0 Å². The fourth-order valence-corrected chi connectivity index (χ4v) is 2.48. The zero-order chi connectivity index (χ0) is 11.1. The summed E-state index contributed by atoms with van der Waals surface area (Å²) < 4.78 is 0. The number of anilines is 1. The zero-order valence-electron chi connectivity index (χ0n) is 9.75. The molecule has 0 bridgehead atoms. The Morgan fingerprint density at radius 3 is 3.12 bits per heavy atom. The van der Waals surface area contributed by atoms with Crippen molar-refractivity contribution in [3.8, 4) is 0 Å². The van der Waals surface area contributed by atoms with E-state index in [2.05, 4.69) is 43.4 Å². The molecule has 2 nitrogen and oxygen atoms in total. The van der Waals surface area contributed by atoms with Crippen LogP contribution in [-0.4, -0.2) is 11.0 Å². The van der Waals surface area contributed by atoms with Crippen molar-refractivity contribution in [3.63, 3.8) is 0 Å². The third-order valence-electron chi connectivity index (χ3n) is 3.30. The highest BCUT2D eigenvalue weighted by atomic mass is 15.0. The number of aromatic nitrogens is 1. The maximum absolute atomic E-state index is 4.77. The summed E-state index contributed by atoms with van der Waals surface area (Å²) in [5, 5.41) is 4.70. The molecule has 82 valence electrons. The third kappa shape index (κ3) is 1.37. The smallest absolute Gasteiger partial charge is 0.130 e. The molecule has 0 amide bonds. The Kier molecular flexibility index (Phi) is 2.10. The fourth-order valence-electron chi connectivity index (χ4n) is 2.48. The molecule has 0 radical (unpaired) electrons. The number of benzene rings is 1. The third-order valence-corrected chi connectivity index (χ3v) is 3.30. The Labute approximate surface area is 95.7 Å². The molecule has 1 aliphatic rings. The lowest BCUT2D eigenvalue weighted by Crippen LogP contribution is -2.08. The van der Waals surface area contributed by atoms with Crippen LogP contribution in [0.3, 0.4) is 0 Å². The second kappa shape index (κ2) is 3.48. The lowest BCUT2D eigenvalue weighted by Gasteiger charge is -2.06. The van der Waals surface area contributed by atoms with Crippen LogP contribution in [0.4, 0.5) is 5.82 Å². The minimum Gasteiger partial charge on any atom is -0.367 e. The minimum atomic E-state index is 0.518. The monoisotopic (exact) mass is 212 g/mol. The van der Waals surface area contributed by atoms with Gasteiger partial charge < -0.3 is 5.32 Å². The highest BCUT2D eigenvalue weighted by molar-refractivity contribution is 5.85. The van der Waals surface area contributed by atoms with Gasteiger partial charge in [-0.3, -0.25) is 0 Å². The molecule has 0 saturated heterocycles. The van der Waals surface area contributed by atoms with Gasteiger partial charge in [-0.25, -0.2) is 4.98 Å². The van der Waals surface area contributed by atoms with Gasteiger partial charge in [0.15, 0.2) is 0 Å². The molecule has 0 spiro atoms. The molecular formula is C14H16N2. The summed E-state index contributed by atoms with van der Waals surface area (Å²) in [7, 11) is 0. The Morgan fingerprint density at radius 2 is 2.31 bits per heavy atom. The van der Waals surface area contributed by atoms with Crippen LogP contribution in [0.5, 0.6) is 0 Å². The average Bonchev–Trinajstić information content (AvgIpc) is 2.64. The standard InChI is InChI=1S/C14H16N2/c1-3-10-5-4-6-11-8-12-7-9(2)15-14(12)16-13(10)11/h4-6,8-9H,3,7H2,1-2H3,(H,15,16). The first-order valence-corrected chi connectivity index (χ1v) is 5.96. The van der Waals surface area contributed by atoms with Crippen LogP contribution in [0.2, 0.25) is 0 Å². The van der Waals surface area contributed by atoms with E-state index in [4.69, 9.17) is 4.98 Å². The predicted molar refractivity (Wildman–Crippen MR) is 67.9 cm³/mol. The summed E-state index contributed by atoms with van der Waals surface area (Å²) in [6.45, 7) is 4.38. The average molecular weight is 212 g/mol. The van der Waals surface area contributed by atoms with Crippen molar-refractivity contribution in [2.45, 2.75) is 32.7 Å². The van der Waals surface area contributed by atoms with Gasteiger partial charge in [0, 0.05) is 11.4 Å². The van der Waals surface area contributed by atoms with Gasteiger partial charge in [-0.15, -0.1) is 0 Å². The number of hydrogen-bond acceptors (Lipinski definition) is 2. The van der Waals surface area contributed by atoms with E-state index in [9.17, 15) is 0 Å². The van der Waals surface area contributed by atoms with Crippen LogP contribution in [0, 0.1) is 0 Å². The van der Waals surface area contributed by atoms with E-state index in [1.165, 1.54) is 16.5 Å². The Bertz CT molecular complexity index is 546. The van der Waals surface area contributed by atoms with Crippen LogP contribution in [-0.2, 0) is 12.8 Å². The zero-order valence-corrected chi connectivity index (χ0v) is 9.75. The van der Waals surface area contributed by atoms with Gasteiger partial charge in [0.25, 0.3) is 0 Å². The quantitative estimate of drug-likeness (QED) is 0.785. The molecular weight excluding hydrogens is 196 g/mol. The molecule has 2 heteroatoms. The van der Waals surface area contributed by atoms with E-state index in [-0.39, 0.29) is 0 Å². The number of para-hydroxylation sites is 1. The molecule has 0 fully saturated rings. The summed E-state index contributed by atoms with van der Waals surface area (Å²) >= 11 is 0. The topological polar surface area (TPSA) is 24.9 Å². The molecule has 1 atom stereocenters. The van der Waals surface area contributed by atoms with E-state index in [1.807, 2.05) is 0 Å². The van der Waals surface area contributed by atoms with Crippen molar-refractivity contribution < 1.29 is 0 Å². The number of nitrogens with one attached hydrogen (secondary N) is 1. The number of pyridine rings is 1. The summed E-state index contributed by atoms with van der Waals surface area (Å²) in [4.78, 5) is 4.77. The van der Waals surface area contributed by atoms with Gasteiger partial charge in [0.05, 0.1) is 5.52 Å². The van der Waals surface area contributed by atoms with Crippen molar-refractivity contribution in [3.05, 3.63) is 35.4 Å². The summed E-state index contributed by atoms with van der Waals surface area (Å²) in [5.41, 5.74) is 3.85. The van der Waals surface area contributed by atoms with Crippen molar-refractivity contribution in [1.82, 2.24) is 4.98 Å². The Hall–Kier alpha value is -1.57. The number of hydrogen-bond donors (Lipinski definition) is 1. The van der Waals surface area contributed by atoms with E-state index < -0.39 is 0 Å². The normalized spacial score (nSPS) is 18.5. The largest absolute Gasteiger partial charge is 0.367 e. The first kappa shape index (κ1) is 9.64. The number of rotatable bonds is 1. The fraction of sp³-hybridized carbons (Fsp3) is 0.357. The second-order valence-electron chi connectivity index (χ2n) is 4.59. The van der Waals surface area contributed by atoms with Gasteiger partial charge in [-0.2, -0.15) is 0 Å². The highest BCUT2D eigenvalue weighted by Crippen LogP contribution is 2.28. The first-order chi connectivity index (χ1) is 7.78. The Morgan fingerprint density at radius 1 is 1.44 bits per heavy atom. The van der Waals surface area contributed by atoms with E-state index >= 15 is 0 Å². The van der Waals surface area contributed by atoms with Crippen LogP contribution >= 0.6 is 0 Å². The first-order valence-electron chi connectivity index (χ1n) is 5.96. The molecule has 0 aliphatic carbocycles. The molecule has 1 N–H and O–H groups in total. The van der Waals surface area contributed by atoms with Gasteiger partial charge in [-0.1, -0.05) is 25.1 Å². The van der Waals surface area contributed by atoms with Crippen molar-refractivity contribution >= 4 is 16.7 Å². The Balaban J connectivity index is 2.26. The number of fused-ring (bicyclic) bond motifs is 2. The van der Waals surface area contributed by atoms with Crippen molar-refractivity contribution in [1.29, 1.82) is 0 Å². The molecule has 2 aromatic rings. The SMILES string of the molecule is CCc1cccc2cc3c(nc12)NC(C)C3. The predicted octanol–water partition coefficient (Wildman–Crippen LogP) is 3.15. The second-order valence-corrected chi connectivity index (χ2v) is 4.59. The maximum Gasteiger partial charge on any atom is 0.130 e. The number of aryl methyl sites for hydroxylation is 1. The molecule has 0 saturated carbocycles. The van der Waals surface area contributed by atoms with Gasteiger partial charge in [0.2, 0.25) is 0 Å². The summed E-state index contributed by atoms with van der Waals surface area (Å²) in [6, 6.07) is 9.25. The minimum absolute atomic E-state index is 0.518. The number of nitrogens with zero attached hydrogens (tertiary/aromatic N) is 1. The van der Waals surface area contributed by atoms with Crippen molar-refractivity contribution in [2.24, 2.45) is 0 Å². The lowest BCUT2D eigenvalue weighted by molar-refractivity contribution is 0.839. The molecule has 1 aromatic heterocycles. The molecule has 2 heterocycles. The summed E-state index contributed by atoms with van der Waals surface area (Å²) in [5.74, 6) is 1.08. The lowest BCUT2D eigenvalue weighted by atomic mass is 10.0. The molecule has 1 aromatic carbocycles. The maximum atomic E-state index is 4.77. The van der Waals surface area contributed by atoms with E-state index in [0.717, 1.165) is 24.2 Å². The van der Waals surface area contributed by atoms with Crippen molar-refractivity contribution in [2.75, 3.05) is 5.32 Å². The van der Waals surface area contributed by atoms with Crippen LogP contribution in [0.1, 0.15) is 25.0 Å². The summed E-state index contributed by atoms with van der Waals surface area (Å²) in [6.07, 6.45) is 2.13. The van der Waals surface area contributed by atoms with E-state index in [0.29, 0.717) is 6.04 Å². The molecule has 3 rings (SSSR count). The van der Waals surface area contributed by atoms with Crippen LogP contribution < -0.4 is 5.32 Å².